The van der Waals surface area contributed by atoms with Crippen molar-refractivity contribution in [2.45, 2.75) is 37.4 Å². The van der Waals surface area contributed by atoms with E-state index in [0.717, 1.165) is 0 Å². The zero-order valence-corrected chi connectivity index (χ0v) is 12.3. The van der Waals surface area contributed by atoms with Crippen molar-refractivity contribution in [2.24, 2.45) is 5.73 Å². The molecule has 1 rings (SSSR count). The summed E-state index contributed by atoms with van der Waals surface area (Å²) in [5.74, 6) is 0.104. The smallest absolute Gasteiger partial charge is 0.238 e. The molecule has 1 amide bonds. The molecule has 1 unspecified atom stereocenters. The van der Waals surface area contributed by atoms with E-state index in [4.69, 9.17) is 17.3 Å². The van der Waals surface area contributed by atoms with E-state index in [1.165, 1.54) is 11.8 Å². The molecule has 0 aliphatic carbocycles. The highest BCUT2D eigenvalue weighted by Gasteiger charge is 2.31. The molecule has 0 fully saturated rings. The van der Waals surface area contributed by atoms with Crippen molar-refractivity contribution in [1.29, 1.82) is 0 Å². The highest BCUT2D eigenvalue weighted by molar-refractivity contribution is 7.99. The van der Waals surface area contributed by atoms with Crippen molar-refractivity contribution in [3.05, 3.63) is 23.4 Å². The fourth-order valence-electron chi connectivity index (χ4n) is 1.51. The molecule has 100 valence electrons. The maximum Gasteiger partial charge on any atom is 0.238 e. The second kappa shape index (κ2) is 6.41. The molecule has 1 heterocycles. The molecule has 0 aliphatic rings. The standard InChI is InChI=1S/C12H18ClN3OS/c1-8(2)16-12(3,11(14)17)7-18-10-9(13)5-4-6-15-10/h4-6,8,16H,7H2,1-3H3,(H2,14,17). The minimum absolute atomic E-state index is 0.169. The Balaban J connectivity index is 2.75. The normalized spacial score (nSPS) is 14.5. The van der Waals surface area contributed by atoms with E-state index in [2.05, 4.69) is 10.3 Å². The summed E-state index contributed by atoms with van der Waals surface area (Å²) in [6, 6.07) is 3.71. The maximum atomic E-state index is 11.6. The zero-order valence-electron chi connectivity index (χ0n) is 10.7. The van der Waals surface area contributed by atoms with Crippen LogP contribution in [0.1, 0.15) is 20.8 Å². The predicted octanol–water partition coefficient (Wildman–Crippen LogP) is 2.07. The fraction of sp³-hybridized carbons (Fsp3) is 0.500. The summed E-state index contributed by atoms with van der Waals surface area (Å²) in [4.78, 5) is 15.7. The van der Waals surface area contributed by atoms with Gasteiger partial charge in [0.2, 0.25) is 5.91 Å². The van der Waals surface area contributed by atoms with Crippen LogP contribution in [0.3, 0.4) is 0 Å². The number of amides is 1. The first-order valence-corrected chi connectivity index (χ1v) is 7.02. The molecule has 0 radical (unpaired) electrons. The van der Waals surface area contributed by atoms with Crippen LogP contribution in [-0.4, -0.2) is 28.2 Å². The lowest BCUT2D eigenvalue weighted by molar-refractivity contribution is -0.123. The van der Waals surface area contributed by atoms with Gasteiger partial charge in [-0.25, -0.2) is 4.98 Å². The van der Waals surface area contributed by atoms with E-state index in [9.17, 15) is 4.79 Å². The second-order valence-corrected chi connectivity index (χ2v) is 5.95. The van der Waals surface area contributed by atoms with E-state index < -0.39 is 5.54 Å². The van der Waals surface area contributed by atoms with Crippen molar-refractivity contribution in [3.63, 3.8) is 0 Å². The van der Waals surface area contributed by atoms with Gasteiger partial charge in [-0.2, -0.15) is 0 Å². The lowest BCUT2D eigenvalue weighted by Crippen LogP contribution is -2.57. The number of halogens is 1. The zero-order chi connectivity index (χ0) is 13.8. The number of hydrogen-bond acceptors (Lipinski definition) is 4. The van der Waals surface area contributed by atoms with E-state index in [0.29, 0.717) is 15.8 Å². The van der Waals surface area contributed by atoms with Crippen molar-refractivity contribution >= 4 is 29.3 Å². The number of carbonyl (C=O) groups excluding carboxylic acids is 1. The van der Waals surface area contributed by atoms with Gasteiger partial charge in [-0.1, -0.05) is 11.6 Å². The summed E-state index contributed by atoms with van der Waals surface area (Å²) in [6.07, 6.45) is 1.67. The van der Waals surface area contributed by atoms with E-state index in [1.54, 1.807) is 25.3 Å². The van der Waals surface area contributed by atoms with Gasteiger partial charge in [0.05, 0.1) is 5.02 Å². The lowest BCUT2D eigenvalue weighted by atomic mass is 10.0. The molecule has 1 atom stereocenters. The molecule has 1 aromatic heterocycles. The highest BCUT2D eigenvalue weighted by atomic mass is 35.5. The minimum Gasteiger partial charge on any atom is -0.368 e. The molecule has 0 saturated heterocycles. The quantitative estimate of drug-likeness (QED) is 0.786. The van der Waals surface area contributed by atoms with Gasteiger partial charge in [-0.3, -0.25) is 4.79 Å². The van der Waals surface area contributed by atoms with Crippen LogP contribution >= 0.6 is 23.4 Å². The monoisotopic (exact) mass is 287 g/mol. The number of pyridine rings is 1. The number of thioether (sulfide) groups is 1. The van der Waals surface area contributed by atoms with Crippen LogP contribution in [0.15, 0.2) is 23.4 Å². The van der Waals surface area contributed by atoms with E-state index in [1.807, 2.05) is 13.8 Å². The van der Waals surface area contributed by atoms with E-state index >= 15 is 0 Å². The average Bonchev–Trinajstić information content (AvgIpc) is 2.27. The predicted molar refractivity (Wildman–Crippen MR) is 75.8 cm³/mol. The summed E-state index contributed by atoms with van der Waals surface area (Å²) in [6.45, 7) is 5.73. The van der Waals surface area contributed by atoms with Crippen LogP contribution in [0, 0.1) is 0 Å². The number of primary amides is 1. The summed E-state index contributed by atoms with van der Waals surface area (Å²) in [5.41, 5.74) is 4.68. The highest BCUT2D eigenvalue weighted by Crippen LogP contribution is 2.27. The van der Waals surface area contributed by atoms with Crippen molar-refractivity contribution in [1.82, 2.24) is 10.3 Å². The number of nitrogens with one attached hydrogen (secondary N) is 1. The second-order valence-electron chi connectivity index (χ2n) is 4.57. The van der Waals surface area contributed by atoms with Crippen LogP contribution in [0.4, 0.5) is 0 Å². The van der Waals surface area contributed by atoms with Crippen LogP contribution in [-0.2, 0) is 4.79 Å². The van der Waals surface area contributed by atoms with Crippen LogP contribution in [0.2, 0.25) is 5.02 Å². The molecule has 0 aromatic carbocycles. The number of carbonyl (C=O) groups is 1. The molecule has 18 heavy (non-hydrogen) atoms. The van der Waals surface area contributed by atoms with Gasteiger partial charge < -0.3 is 11.1 Å². The molecule has 0 bridgehead atoms. The van der Waals surface area contributed by atoms with Gasteiger partial charge in [0.15, 0.2) is 0 Å². The van der Waals surface area contributed by atoms with Crippen molar-refractivity contribution < 1.29 is 4.79 Å². The molecular weight excluding hydrogens is 270 g/mol. The Morgan fingerprint density at radius 2 is 2.33 bits per heavy atom. The maximum absolute atomic E-state index is 11.6. The number of aromatic nitrogens is 1. The van der Waals surface area contributed by atoms with Crippen molar-refractivity contribution in [3.8, 4) is 0 Å². The first kappa shape index (κ1) is 15.3. The van der Waals surface area contributed by atoms with Gasteiger partial charge in [0.25, 0.3) is 0 Å². The molecular formula is C12H18ClN3OS. The summed E-state index contributed by atoms with van der Waals surface area (Å²) >= 11 is 7.44. The molecule has 4 nitrogen and oxygen atoms in total. The largest absolute Gasteiger partial charge is 0.368 e. The SMILES string of the molecule is CC(C)NC(C)(CSc1ncccc1Cl)C(N)=O. The first-order chi connectivity index (χ1) is 8.35. The Bertz CT molecular complexity index is 428. The Morgan fingerprint density at radius 1 is 1.67 bits per heavy atom. The number of nitrogens with zero attached hydrogens (tertiary/aromatic N) is 1. The number of nitrogens with two attached hydrogens (primary N) is 1. The minimum atomic E-state index is -0.778. The fourth-order valence-corrected chi connectivity index (χ4v) is 2.79. The molecule has 1 aromatic rings. The molecule has 0 aliphatic heterocycles. The third kappa shape index (κ3) is 4.15. The number of hydrogen-bond donors (Lipinski definition) is 2. The average molecular weight is 288 g/mol. The topological polar surface area (TPSA) is 68.0 Å². The van der Waals surface area contributed by atoms with Gasteiger partial charge in [0, 0.05) is 18.0 Å². The Labute approximate surface area is 117 Å². The van der Waals surface area contributed by atoms with E-state index in [-0.39, 0.29) is 11.9 Å². The van der Waals surface area contributed by atoms with Gasteiger partial charge in [-0.05, 0) is 32.9 Å². The first-order valence-electron chi connectivity index (χ1n) is 5.66. The Hall–Kier alpha value is -0.780. The van der Waals surface area contributed by atoms with Crippen LogP contribution < -0.4 is 11.1 Å². The van der Waals surface area contributed by atoms with Crippen LogP contribution in [0.25, 0.3) is 0 Å². The molecule has 0 spiro atoms. The lowest BCUT2D eigenvalue weighted by Gasteiger charge is -2.29. The summed E-state index contributed by atoms with van der Waals surface area (Å²) in [7, 11) is 0. The van der Waals surface area contributed by atoms with Gasteiger partial charge in [-0.15, -0.1) is 11.8 Å². The van der Waals surface area contributed by atoms with Crippen LogP contribution in [0.5, 0.6) is 0 Å². The van der Waals surface area contributed by atoms with Gasteiger partial charge in [0.1, 0.15) is 10.6 Å². The third-order valence-electron chi connectivity index (χ3n) is 2.37. The summed E-state index contributed by atoms with van der Waals surface area (Å²) < 4.78 is 0. The molecule has 3 N–H and O–H groups in total. The summed E-state index contributed by atoms with van der Waals surface area (Å²) in [5, 5.41) is 4.47. The third-order valence-corrected chi connectivity index (χ3v) is 4.11. The number of rotatable bonds is 6. The van der Waals surface area contributed by atoms with Crippen molar-refractivity contribution in [2.75, 3.05) is 5.75 Å². The Morgan fingerprint density at radius 3 is 2.83 bits per heavy atom. The molecule has 6 heteroatoms. The van der Waals surface area contributed by atoms with Gasteiger partial charge >= 0.3 is 0 Å². The Kier molecular flexibility index (Phi) is 5.44. The molecule has 0 saturated carbocycles.